The Balaban J connectivity index is 1.47. The molecule has 6 nitrogen and oxygen atoms in total. The van der Waals surface area contributed by atoms with E-state index >= 15 is 0 Å². The topological polar surface area (TPSA) is 79.7 Å². The third kappa shape index (κ3) is 7.77. The Hall–Kier alpha value is -4.45. The Morgan fingerprint density at radius 1 is 0.816 bits per heavy atom. The molecule has 6 heteroatoms. The lowest BCUT2D eigenvalue weighted by molar-refractivity contribution is -0.139. The van der Waals surface area contributed by atoms with Crippen LogP contribution >= 0.6 is 0 Å². The van der Waals surface area contributed by atoms with Crippen LogP contribution in [0.2, 0.25) is 0 Å². The predicted octanol–water partition coefficient (Wildman–Crippen LogP) is 5.84. The fourth-order valence-electron chi connectivity index (χ4n) is 4.56. The summed E-state index contributed by atoms with van der Waals surface area (Å²) in [5.74, 6) is -0.396. The van der Waals surface area contributed by atoms with Gasteiger partial charge in [0.15, 0.2) is 6.61 Å². The van der Waals surface area contributed by atoms with E-state index < -0.39 is 5.97 Å². The number of aromatic nitrogens is 1. The summed E-state index contributed by atoms with van der Waals surface area (Å²) in [6.45, 7) is 0.789. The molecule has 0 spiro atoms. The first-order valence-corrected chi connectivity index (χ1v) is 12.8. The molecule has 1 aromatic heterocycles. The molecule has 0 saturated carbocycles. The molecule has 194 valence electrons. The van der Waals surface area contributed by atoms with Gasteiger partial charge in [0.05, 0.1) is 0 Å². The Morgan fingerprint density at radius 3 is 2.13 bits per heavy atom. The van der Waals surface area contributed by atoms with Crippen molar-refractivity contribution in [3.63, 3.8) is 0 Å². The number of benzene rings is 3. The first-order chi connectivity index (χ1) is 18.6. The van der Waals surface area contributed by atoms with Crippen LogP contribution in [0.1, 0.15) is 45.9 Å². The number of hydrogen-bond acceptors (Lipinski definition) is 4. The van der Waals surface area contributed by atoms with Gasteiger partial charge < -0.3 is 14.7 Å². The zero-order valence-corrected chi connectivity index (χ0v) is 21.3. The van der Waals surface area contributed by atoms with E-state index in [1.807, 2.05) is 41.3 Å². The number of carbonyl (C=O) groups excluding carboxylic acids is 1. The molecule has 1 heterocycles. The minimum absolute atomic E-state index is 0.0796. The average Bonchev–Trinajstić information content (AvgIpc) is 2.97. The molecule has 0 aliphatic heterocycles. The number of amides is 1. The van der Waals surface area contributed by atoms with Crippen molar-refractivity contribution in [1.82, 2.24) is 9.88 Å². The molecule has 38 heavy (non-hydrogen) atoms. The summed E-state index contributed by atoms with van der Waals surface area (Å²) in [5, 5.41) is 8.86. The SMILES string of the molecule is O=C(O)COc1cccc(CCCN(CCC(c2ccccc2)c2ccccc2)C(=O)c2ccccn2)c1. The van der Waals surface area contributed by atoms with Gasteiger partial charge in [0.25, 0.3) is 5.91 Å². The maximum absolute atomic E-state index is 13.5. The summed E-state index contributed by atoms with van der Waals surface area (Å²) in [4.78, 5) is 30.5. The molecule has 3 aromatic carbocycles. The second kappa shape index (κ2) is 13.7. The van der Waals surface area contributed by atoms with Gasteiger partial charge in [-0.25, -0.2) is 4.79 Å². The van der Waals surface area contributed by atoms with Gasteiger partial charge in [0, 0.05) is 25.2 Å². The van der Waals surface area contributed by atoms with E-state index in [0.29, 0.717) is 24.5 Å². The van der Waals surface area contributed by atoms with Gasteiger partial charge in [0.2, 0.25) is 0 Å². The van der Waals surface area contributed by atoms with Crippen LogP contribution in [0, 0.1) is 0 Å². The average molecular weight is 509 g/mol. The van der Waals surface area contributed by atoms with E-state index in [1.54, 1.807) is 24.4 Å². The van der Waals surface area contributed by atoms with Crippen molar-refractivity contribution in [3.8, 4) is 5.75 Å². The molecule has 0 bridgehead atoms. The summed E-state index contributed by atoms with van der Waals surface area (Å²) < 4.78 is 5.31. The van der Waals surface area contributed by atoms with Crippen molar-refractivity contribution in [1.29, 1.82) is 0 Å². The van der Waals surface area contributed by atoms with E-state index in [4.69, 9.17) is 9.84 Å². The number of carboxylic acid groups (broad SMARTS) is 1. The van der Waals surface area contributed by atoms with Gasteiger partial charge in [-0.2, -0.15) is 0 Å². The van der Waals surface area contributed by atoms with Gasteiger partial charge in [-0.05, 0) is 60.2 Å². The molecular formula is C32H32N2O4. The van der Waals surface area contributed by atoms with Crippen LogP contribution in [0.15, 0.2) is 109 Å². The lowest BCUT2D eigenvalue weighted by Crippen LogP contribution is -2.34. The largest absolute Gasteiger partial charge is 0.482 e. The number of rotatable bonds is 13. The summed E-state index contributed by atoms with van der Waals surface area (Å²) in [7, 11) is 0. The first-order valence-electron chi connectivity index (χ1n) is 12.8. The van der Waals surface area contributed by atoms with E-state index in [-0.39, 0.29) is 18.4 Å². The van der Waals surface area contributed by atoms with E-state index in [1.165, 1.54) is 11.1 Å². The van der Waals surface area contributed by atoms with Crippen LogP contribution in [-0.4, -0.2) is 46.6 Å². The molecule has 0 unspecified atom stereocenters. The Bertz CT molecular complexity index is 1260. The number of aryl methyl sites for hydroxylation is 1. The van der Waals surface area contributed by atoms with Crippen LogP contribution in [0.25, 0.3) is 0 Å². The molecule has 0 aliphatic rings. The molecule has 0 aliphatic carbocycles. The molecule has 0 fully saturated rings. The van der Waals surface area contributed by atoms with Crippen molar-refractivity contribution in [2.75, 3.05) is 19.7 Å². The number of ether oxygens (including phenoxy) is 1. The fourth-order valence-corrected chi connectivity index (χ4v) is 4.56. The van der Waals surface area contributed by atoms with Crippen LogP contribution in [0.4, 0.5) is 0 Å². The Kier molecular flexibility index (Phi) is 9.63. The van der Waals surface area contributed by atoms with Crippen LogP contribution in [-0.2, 0) is 11.2 Å². The van der Waals surface area contributed by atoms with Crippen molar-refractivity contribution < 1.29 is 19.4 Å². The van der Waals surface area contributed by atoms with Gasteiger partial charge in [0.1, 0.15) is 11.4 Å². The van der Waals surface area contributed by atoms with E-state index in [9.17, 15) is 9.59 Å². The van der Waals surface area contributed by atoms with Crippen molar-refractivity contribution in [2.24, 2.45) is 0 Å². The highest BCUT2D eigenvalue weighted by atomic mass is 16.5. The summed E-state index contributed by atoms with van der Waals surface area (Å²) in [5.41, 5.74) is 3.92. The molecule has 0 radical (unpaired) electrons. The highest BCUT2D eigenvalue weighted by Crippen LogP contribution is 2.28. The van der Waals surface area contributed by atoms with Crippen LogP contribution in [0.3, 0.4) is 0 Å². The monoisotopic (exact) mass is 508 g/mol. The van der Waals surface area contributed by atoms with Crippen LogP contribution in [0.5, 0.6) is 5.75 Å². The number of pyridine rings is 1. The minimum atomic E-state index is -1.01. The molecule has 4 aromatic rings. The Morgan fingerprint density at radius 2 is 1.50 bits per heavy atom. The van der Waals surface area contributed by atoms with E-state index in [2.05, 4.69) is 53.5 Å². The highest BCUT2D eigenvalue weighted by molar-refractivity contribution is 5.92. The zero-order chi connectivity index (χ0) is 26.6. The van der Waals surface area contributed by atoms with Crippen LogP contribution < -0.4 is 4.74 Å². The third-order valence-electron chi connectivity index (χ3n) is 6.42. The highest BCUT2D eigenvalue weighted by Gasteiger charge is 2.20. The number of hydrogen-bond donors (Lipinski definition) is 1. The van der Waals surface area contributed by atoms with Gasteiger partial charge in [-0.3, -0.25) is 9.78 Å². The second-order valence-electron chi connectivity index (χ2n) is 9.10. The minimum Gasteiger partial charge on any atom is -0.482 e. The number of carboxylic acids is 1. The van der Waals surface area contributed by atoms with Crippen molar-refractivity contribution in [3.05, 3.63) is 132 Å². The van der Waals surface area contributed by atoms with E-state index in [0.717, 1.165) is 24.8 Å². The Labute approximate surface area is 223 Å². The van der Waals surface area contributed by atoms with Crippen molar-refractivity contribution in [2.45, 2.75) is 25.2 Å². The maximum atomic E-state index is 13.5. The second-order valence-corrected chi connectivity index (χ2v) is 9.10. The normalized spacial score (nSPS) is 10.8. The molecule has 0 atom stereocenters. The fraction of sp³-hybridized carbons (Fsp3) is 0.219. The van der Waals surface area contributed by atoms with Gasteiger partial charge in [-0.1, -0.05) is 78.9 Å². The molecule has 0 saturated heterocycles. The van der Waals surface area contributed by atoms with Crippen molar-refractivity contribution >= 4 is 11.9 Å². The summed E-state index contributed by atoms with van der Waals surface area (Å²) in [6.07, 6.45) is 3.91. The zero-order valence-electron chi connectivity index (χ0n) is 21.3. The molecule has 1 amide bonds. The smallest absolute Gasteiger partial charge is 0.341 e. The lowest BCUT2D eigenvalue weighted by atomic mass is 9.88. The quantitative estimate of drug-likeness (QED) is 0.245. The number of carbonyl (C=O) groups is 2. The predicted molar refractivity (Wildman–Crippen MR) is 147 cm³/mol. The summed E-state index contributed by atoms with van der Waals surface area (Å²) in [6, 6.07) is 33.6. The standard InChI is InChI=1S/C32H32N2O4/c35-31(36)24-38-28-17-9-11-25(23-28)12-10-21-34(32(37)30-18-7-8-20-33-30)22-19-29(26-13-3-1-4-14-26)27-15-5-2-6-16-27/h1-9,11,13-18,20,23,29H,10,12,19,21-22,24H2,(H,35,36). The molecule has 1 N–H and O–H groups in total. The third-order valence-corrected chi connectivity index (χ3v) is 6.42. The molecule has 4 rings (SSSR count). The maximum Gasteiger partial charge on any atom is 0.341 e. The van der Waals surface area contributed by atoms with Gasteiger partial charge >= 0.3 is 5.97 Å². The number of aliphatic carboxylic acids is 1. The first kappa shape index (κ1) is 26.6. The lowest BCUT2D eigenvalue weighted by Gasteiger charge is -2.26. The van der Waals surface area contributed by atoms with Gasteiger partial charge in [-0.15, -0.1) is 0 Å². The molecular weight excluding hydrogens is 476 g/mol. The summed E-state index contributed by atoms with van der Waals surface area (Å²) >= 11 is 0. The number of nitrogens with zero attached hydrogens (tertiary/aromatic N) is 2.